The SMILES string of the molecule is C1=CC(C2C(c3ncc[pH]3)=Cc3ccccc32)=CC1. The van der Waals surface area contributed by atoms with Gasteiger partial charge in [0.15, 0.2) is 0 Å². The van der Waals surface area contributed by atoms with Gasteiger partial charge in [0.2, 0.25) is 0 Å². The van der Waals surface area contributed by atoms with Crippen molar-refractivity contribution in [1.82, 2.24) is 4.98 Å². The van der Waals surface area contributed by atoms with Crippen LogP contribution in [0.4, 0.5) is 0 Å². The molecule has 2 aliphatic rings. The lowest BCUT2D eigenvalue weighted by Gasteiger charge is -2.16. The Morgan fingerprint density at radius 1 is 1.21 bits per heavy atom. The molecule has 0 aliphatic heterocycles. The maximum Gasteiger partial charge on any atom is 0.0828 e. The van der Waals surface area contributed by atoms with Crippen LogP contribution in [0.15, 0.2) is 60.1 Å². The van der Waals surface area contributed by atoms with E-state index in [2.05, 4.69) is 59.4 Å². The monoisotopic (exact) mass is 263 g/mol. The first-order valence-electron chi connectivity index (χ1n) is 6.60. The van der Waals surface area contributed by atoms with Crippen molar-refractivity contribution in [3.05, 3.63) is 76.6 Å². The molecule has 0 amide bonds. The van der Waals surface area contributed by atoms with E-state index < -0.39 is 0 Å². The number of aromatic nitrogens is 1. The Bertz CT molecular complexity index is 705. The van der Waals surface area contributed by atoms with Gasteiger partial charge in [-0.25, -0.2) is 0 Å². The topological polar surface area (TPSA) is 12.9 Å². The largest absolute Gasteiger partial charge is 0.252 e. The zero-order valence-electron chi connectivity index (χ0n) is 10.5. The minimum Gasteiger partial charge on any atom is -0.252 e. The second kappa shape index (κ2) is 4.36. The summed E-state index contributed by atoms with van der Waals surface area (Å²) in [5.41, 5.74) is 6.85. The van der Waals surface area contributed by atoms with Crippen molar-refractivity contribution in [2.45, 2.75) is 12.3 Å². The highest BCUT2D eigenvalue weighted by Gasteiger charge is 2.29. The first-order valence-corrected chi connectivity index (χ1v) is 7.68. The minimum absolute atomic E-state index is 0.390. The molecule has 92 valence electrons. The van der Waals surface area contributed by atoms with Crippen LogP contribution in [0.2, 0.25) is 0 Å². The highest BCUT2D eigenvalue weighted by Crippen LogP contribution is 2.48. The van der Waals surface area contributed by atoms with E-state index in [1.54, 1.807) is 0 Å². The molecular formula is C17H14NP. The Hall–Kier alpha value is -1.85. The predicted octanol–water partition coefficient (Wildman–Crippen LogP) is 4.64. The lowest BCUT2D eigenvalue weighted by atomic mass is 9.89. The van der Waals surface area contributed by atoms with E-state index in [9.17, 15) is 0 Å². The normalized spacial score (nSPS) is 20.7. The smallest absolute Gasteiger partial charge is 0.0828 e. The van der Waals surface area contributed by atoms with Gasteiger partial charge < -0.3 is 0 Å². The lowest BCUT2D eigenvalue weighted by molar-refractivity contribution is 1.06. The number of fused-ring (bicyclic) bond motifs is 1. The Balaban J connectivity index is 1.89. The molecule has 4 rings (SSSR count). The van der Waals surface area contributed by atoms with Crippen LogP contribution >= 0.6 is 8.19 Å². The van der Waals surface area contributed by atoms with Crippen molar-refractivity contribution in [2.75, 3.05) is 0 Å². The number of nitrogens with zero attached hydrogens (tertiary/aromatic N) is 1. The number of allylic oxidation sites excluding steroid dienone is 5. The van der Waals surface area contributed by atoms with Gasteiger partial charge in [-0.1, -0.05) is 42.5 Å². The van der Waals surface area contributed by atoms with E-state index in [0.717, 1.165) is 6.42 Å². The van der Waals surface area contributed by atoms with Gasteiger partial charge in [-0.3, -0.25) is 4.98 Å². The van der Waals surface area contributed by atoms with E-state index in [1.165, 1.54) is 27.7 Å². The maximum atomic E-state index is 4.55. The number of hydrogen-bond acceptors (Lipinski definition) is 1. The molecule has 1 nitrogen and oxygen atoms in total. The van der Waals surface area contributed by atoms with Crippen LogP contribution in [0.1, 0.15) is 28.9 Å². The Labute approximate surface area is 114 Å². The summed E-state index contributed by atoms with van der Waals surface area (Å²) in [4.78, 5) is 4.55. The molecule has 2 aliphatic carbocycles. The van der Waals surface area contributed by atoms with Crippen LogP contribution in [-0.2, 0) is 0 Å². The van der Waals surface area contributed by atoms with Crippen molar-refractivity contribution in [2.24, 2.45) is 0 Å². The molecule has 2 atom stereocenters. The van der Waals surface area contributed by atoms with Gasteiger partial charge in [0.05, 0.1) is 5.43 Å². The summed E-state index contributed by atoms with van der Waals surface area (Å²) in [7, 11) is 0.713. The third-order valence-electron chi connectivity index (χ3n) is 3.83. The Morgan fingerprint density at radius 3 is 2.95 bits per heavy atom. The highest BCUT2D eigenvalue weighted by molar-refractivity contribution is 7.30. The fourth-order valence-electron chi connectivity index (χ4n) is 3.00. The Kier molecular flexibility index (Phi) is 2.53. The van der Waals surface area contributed by atoms with E-state index >= 15 is 0 Å². The zero-order valence-corrected chi connectivity index (χ0v) is 11.5. The molecule has 2 aromatic rings. The summed E-state index contributed by atoms with van der Waals surface area (Å²) in [5.74, 6) is 2.55. The highest BCUT2D eigenvalue weighted by atomic mass is 31.0. The molecule has 2 unspecified atom stereocenters. The third-order valence-corrected chi connectivity index (χ3v) is 4.84. The van der Waals surface area contributed by atoms with Crippen molar-refractivity contribution in [3.8, 4) is 0 Å². The standard InChI is InChI=1S/C17H14NP/c1-2-6-12(5-1)16-14-8-4-3-7-13(14)11-15(16)17-18-9-10-19-17/h1,3-11,16,19H,2H2. The summed E-state index contributed by atoms with van der Waals surface area (Å²) in [5, 5.41) is 0. The first-order chi connectivity index (χ1) is 9.43. The molecule has 0 radical (unpaired) electrons. The molecule has 19 heavy (non-hydrogen) atoms. The molecule has 2 heteroatoms. The van der Waals surface area contributed by atoms with Gasteiger partial charge in [-0.05, 0) is 40.6 Å². The first kappa shape index (κ1) is 11.0. The summed E-state index contributed by atoms with van der Waals surface area (Å²) in [6.07, 6.45) is 12.2. The molecule has 0 fully saturated rings. The summed E-state index contributed by atoms with van der Waals surface area (Å²) in [6.45, 7) is 0. The second-order valence-electron chi connectivity index (χ2n) is 4.94. The van der Waals surface area contributed by atoms with Crippen molar-refractivity contribution < 1.29 is 0 Å². The van der Waals surface area contributed by atoms with Crippen molar-refractivity contribution in [3.63, 3.8) is 0 Å². The van der Waals surface area contributed by atoms with E-state index in [-0.39, 0.29) is 0 Å². The van der Waals surface area contributed by atoms with Crippen LogP contribution < -0.4 is 0 Å². The van der Waals surface area contributed by atoms with E-state index in [4.69, 9.17) is 0 Å². The lowest BCUT2D eigenvalue weighted by Crippen LogP contribution is -2.00. The van der Waals surface area contributed by atoms with Gasteiger partial charge in [0.25, 0.3) is 0 Å². The van der Waals surface area contributed by atoms with Gasteiger partial charge in [-0.15, -0.1) is 8.19 Å². The molecule has 0 saturated carbocycles. The average molecular weight is 263 g/mol. The van der Waals surface area contributed by atoms with Crippen LogP contribution in [0, 0.1) is 0 Å². The summed E-state index contributed by atoms with van der Waals surface area (Å²) in [6, 6.07) is 8.72. The molecule has 1 aromatic carbocycles. The second-order valence-corrected chi connectivity index (χ2v) is 6.04. The number of rotatable bonds is 2. The molecule has 0 spiro atoms. The van der Waals surface area contributed by atoms with Crippen LogP contribution in [0.3, 0.4) is 0 Å². The molecule has 0 bridgehead atoms. The van der Waals surface area contributed by atoms with Crippen LogP contribution in [-0.4, -0.2) is 4.98 Å². The Morgan fingerprint density at radius 2 is 2.16 bits per heavy atom. The summed E-state index contributed by atoms with van der Waals surface area (Å²) >= 11 is 0. The predicted molar refractivity (Wildman–Crippen MR) is 82.6 cm³/mol. The van der Waals surface area contributed by atoms with Crippen LogP contribution in [0.5, 0.6) is 0 Å². The molecule has 0 N–H and O–H groups in total. The fourth-order valence-corrected chi connectivity index (χ4v) is 3.84. The molecule has 0 saturated heterocycles. The molecule has 1 aromatic heterocycles. The third kappa shape index (κ3) is 1.74. The van der Waals surface area contributed by atoms with Gasteiger partial charge in [-0.2, -0.15) is 0 Å². The van der Waals surface area contributed by atoms with Crippen molar-refractivity contribution >= 4 is 19.8 Å². The summed E-state index contributed by atoms with van der Waals surface area (Å²) < 4.78 is 0. The van der Waals surface area contributed by atoms with Crippen molar-refractivity contribution in [1.29, 1.82) is 0 Å². The van der Waals surface area contributed by atoms with Gasteiger partial charge in [0, 0.05) is 12.1 Å². The van der Waals surface area contributed by atoms with Gasteiger partial charge >= 0.3 is 0 Å². The fraction of sp³-hybridized carbons (Fsp3) is 0.118. The van der Waals surface area contributed by atoms with E-state index in [0.29, 0.717) is 14.1 Å². The maximum absolute atomic E-state index is 4.55. The molecule has 1 heterocycles. The molecular weight excluding hydrogens is 249 g/mol. The number of benzene rings is 1. The van der Waals surface area contributed by atoms with Crippen LogP contribution in [0.25, 0.3) is 11.6 Å². The minimum atomic E-state index is 0.390. The van der Waals surface area contributed by atoms with E-state index in [1.807, 2.05) is 6.20 Å². The zero-order chi connectivity index (χ0) is 12.7. The van der Waals surface area contributed by atoms with Gasteiger partial charge in [0.1, 0.15) is 0 Å². The number of hydrogen-bond donors (Lipinski definition) is 0. The quantitative estimate of drug-likeness (QED) is 0.769. The average Bonchev–Trinajstić information content (AvgIpc) is 3.17.